The second-order valence-corrected chi connectivity index (χ2v) is 31.7. The Morgan fingerprint density at radius 1 is 0.693 bits per heavy atom. The molecule has 11 bridgehead atoms. The van der Waals surface area contributed by atoms with Crippen molar-refractivity contribution in [1.29, 1.82) is 0 Å². The first-order valence-electron chi connectivity index (χ1n) is 37.7. The normalized spacial score (nSPS) is 27.4. The molecule has 114 heavy (non-hydrogen) atoms. The molecule has 36 heteroatoms. The van der Waals surface area contributed by atoms with E-state index in [1.807, 2.05) is 13.8 Å². The van der Waals surface area contributed by atoms with Gasteiger partial charge in [-0.05, 0) is 122 Å². The molecule has 18 atom stereocenters. The number of aromatic hydroxyl groups is 3. The number of aliphatic hydroxyl groups is 6. The van der Waals surface area contributed by atoms with Crippen LogP contribution < -0.4 is 62.5 Å². The smallest absolute Gasteiger partial charge is 0.330 e. The number of nitrogens with one attached hydrogen (secondary N) is 8. The molecule has 7 amide bonds. The monoisotopic (exact) mass is 1650 g/mol. The van der Waals surface area contributed by atoms with Crippen molar-refractivity contribution in [1.82, 2.24) is 42.5 Å². The Labute approximate surface area is 671 Å². The van der Waals surface area contributed by atoms with Gasteiger partial charge < -0.3 is 128 Å². The summed E-state index contributed by atoms with van der Waals surface area (Å²) in [4.78, 5) is 118. The topological polar surface area (TPSA) is 517 Å². The van der Waals surface area contributed by atoms with E-state index in [9.17, 15) is 75.0 Å². The number of rotatable bonds is 26. The third kappa shape index (κ3) is 20.7. The van der Waals surface area contributed by atoms with Gasteiger partial charge in [-0.2, -0.15) is 11.8 Å². The minimum Gasteiger partial charge on any atom is -0.508 e. The molecule has 2 fully saturated rings. The number of benzene rings is 5. The van der Waals surface area contributed by atoms with Gasteiger partial charge in [0.1, 0.15) is 89.5 Å². The number of nitrogens with two attached hydrogens (primary N) is 1. The average molecular weight is 1650 g/mol. The van der Waals surface area contributed by atoms with Crippen molar-refractivity contribution in [3.63, 3.8) is 0 Å². The molecule has 2 saturated heterocycles. The molecule has 20 N–H and O–H groups in total. The van der Waals surface area contributed by atoms with E-state index < -0.39 is 231 Å². The minimum absolute atomic E-state index is 0.0883. The van der Waals surface area contributed by atoms with Crippen LogP contribution in [0.15, 0.2) is 78.9 Å². The number of carbonyl (C=O) groups excluding carboxylic acids is 7. The number of aliphatic carboxylic acids is 1. The maximum absolute atomic E-state index is 16.2. The molecule has 0 aromatic heterocycles. The van der Waals surface area contributed by atoms with E-state index in [1.165, 1.54) is 51.3 Å². The number of ether oxygens (including phenoxy) is 6. The number of unbranched alkanes of at least 4 members (excludes halogenated alkanes) is 7. The van der Waals surface area contributed by atoms with Gasteiger partial charge in [0, 0.05) is 47.0 Å². The highest BCUT2D eigenvalue weighted by Gasteiger charge is 2.52. The molecule has 33 nitrogen and oxygen atoms in total. The predicted octanol–water partition coefficient (Wildman–Crippen LogP) is 4.61. The lowest BCUT2D eigenvalue weighted by Gasteiger charge is -2.48. The van der Waals surface area contributed by atoms with Crippen molar-refractivity contribution >= 4 is 82.3 Å². The van der Waals surface area contributed by atoms with Crippen LogP contribution in [0.5, 0.6) is 46.0 Å². The van der Waals surface area contributed by atoms with Crippen LogP contribution in [-0.4, -0.2) is 209 Å². The average Bonchev–Trinajstić information content (AvgIpc) is 0.771. The number of primary amides is 1. The summed E-state index contributed by atoms with van der Waals surface area (Å²) in [5, 5.41) is 136. The van der Waals surface area contributed by atoms with Gasteiger partial charge in [-0.3, -0.25) is 33.6 Å². The number of carboxylic acid groups (broad SMARTS) is 1. The first kappa shape index (κ1) is 87.5. The molecular weight excluding hydrogens is 1550 g/mol. The highest BCUT2D eigenvalue weighted by atomic mass is 35.5. The number of hydrogen-bond acceptors (Lipinski definition) is 26. The molecule has 620 valence electrons. The minimum atomic E-state index is -2.34. The van der Waals surface area contributed by atoms with Gasteiger partial charge in [0.15, 0.2) is 29.9 Å². The SMILES string of the molecule is CCCCCCCCCCSCCN[C@@]1(C)C[C@@H](O[C@H]2[C@H](Oc3c4cc5cc3Oc3ccc(cc3Cl)[C@@H](O)[C@@H](NC(=O)[C@@H](CC(C)C)NC)C(=O)N[C@@H](CC(N)=O)C(=O)N[C@H]5C(=O)N[C@H]3C(=O)N[C@H](C(=O)N[C@@H](C(=O)O)c5cc(O)cc(O)c5-c5cc3ccc5O)[C@H](O)c3ccc(c(Cl)c3)O4)O[C@H](CO)[C@@H](O)[C@@H]2O)O[C@@H](C)[C@@H]1O. The Bertz CT molecular complexity index is 4340. The standard InChI is InChI=1S/C78H99Cl2N9O24S/c1-7-8-9-10-11-12-13-14-22-114-23-21-83-78(5)33-56(108-36(4)69(78)99)112-68-66(98)65(97)54(34-90)111-77(68)113-67-52-28-40-29-53(67)110-51-20-17-39(27-45(51)80)64(96)62-75(105)87-60(76(106)107)43-30-41(91)31-49(93)57(43)42-25-37(15-18-48(42)92)58(72(102)89-62)86-73(103)59(40)85-71(101)47(32-55(81)94)84-74(104)61(88-70(100)46(82-6)24-35(2)3)63(95)38-16-19-50(109-52)44(79)26-38/h15-20,25-31,35-36,46-47,54,56,58-66,68-69,77,82-83,90-93,95-99H,7-14,21-24,32-34H2,1-6H3,(H2,81,94)(H,84,104)(H,85,101)(H,86,103)(H,87,105)(H,88,100)(H,89,102)(H,106,107)/t36-,46+,47-,54+,56+,58+,59+,60+,61+,62-,63+,64+,65+,66-,68+,69-,77-,78-/m0/s1. The number of phenols is 3. The molecule has 0 unspecified atom stereocenters. The van der Waals surface area contributed by atoms with E-state index in [2.05, 4.69) is 49.5 Å². The largest absolute Gasteiger partial charge is 0.508 e. The lowest BCUT2D eigenvalue weighted by Crippen LogP contribution is -2.65. The number of likely N-dealkylation sites (N-methyl/N-ethyl adjacent to an activating group) is 1. The first-order chi connectivity index (χ1) is 54.2. The van der Waals surface area contributed by atoms with Crippen molar-refractivity contribution < 1.29 is 118 Å². The van der Waals surface area contributed by atoms with E-state index in [4.69, 9.17) is 57.4 Å². The summed E-state index contributed by atoms with van der Waals surface area (Å²) in [6.07, 6.45) is -8.70. The Morgan fingerprint density at radius 3 is 1.92 bits per heavy atom. The molecule has 0 aliphatic carbocycles. The summed E-state index contributed by atoms with van der Waals surface area (Å²) < 4.78 is 39.4. The number of carboxylic acids is 1. The maximum Gasteiger partial charge on any atom is 0.330 e. The van der Waals surface area contributed by atoms with Crippen LogP contribution in [0.1, 0.15) is 163 Å². The van der Waals surface area contributed by atoms with Gasteiger partial charge in [-0.15, -0.1) is 0 Å². The van der Waals surface area contributed by atoms with Crippen molar-refractivity contribution in [2.45, 2.75) is 214 Å². The third-order valence-corrected chi connectivity index (χ3v) is 22.3. The van der Waals surface area contributed by atoms with Crippen LogP contribution >= 0.6 is 35.0 Å². The number of amides is 7. The van der Waals surface area contributed by atoms with Gasteiger partial charge >= 0.3 is 5.97 Å². The summed E-state index contributed by atoms with van der Waals surface area (Å²) in [6, 6.07) is -0.413. The van der Waals surface area contributed by atoms with Crippen LogP contribution in [-0.2, 0) is 52.6 Å². The van der Waals surface area contributed by atoms with E-state index in [1.54, 1.807) is 25.6 Å². The molecule has 5 aromatic carbocycles. The van der Waals surface area contributed by atoms with Gasteiger partial charge in [-0.25, -0.2) is 4.79 Å². The number of aliphatic hydroxyl groups excluding tert-OH is 6. The zero-order chi connectivity index (χ0) is 82.7. The van der Waals surface area contributed by atoms with Crippen LogP contribution in [0.3, 0.4) is 0 Å². The van der Waals surface area contributed by atoms with Gasteiger partial charge in [0.25, 0.3) is 0 Å². The first-order valence-corrected chi connectivity index (χ1v) is 39.6. The molecule has 0 spiro atoms. The van der Waals surface area contributed by atoms with Gasteiger partial charge in [0.2, 0.25) is 53.4 Å². The molecule has 7 heterocycles. The summed E-state index contributed by atoms with van der Waals surface area (Å²) in [5.41, 5.74) is 1.89. The quantitative estimate of drug-likeness (QED) is 0.0336. The Kier molecular flexibility index (Phi) is 29.7. The van der Waals surface area contributed by atoms with E-state index in [0.29, 0.717) is 12.3 Å². The lowest BCUT2D eigenvalue weighted by molar-refractivity contribution is -0.334. The Morgan fingerprint density at radius 2 is 1.31 bits per heavy atom. The highest BCUT2D eigenvalue weighted by molar-refractivity contribution is 7.99. The second kappa shape index (κ2) is 38.7. The summed E-state index contributed by atoms with van der Waals surface area (Å²) in [6.45, 7) is 8.72. The summed E-state index contributed by atoms with van der Waals surface area (Å²) in [5.74, 6) is -14.2. The van der Waals surface area contributed by atoms with Crippen LogP contribution in [0.4, 0.5) is 0 Å². The van der Waals surface area contributed by atoms with Crippen LogP contribution in [0.25, 0.3) is 11.1 Å². The lowest BCUT2D eigenvalue weighted by atomic mass is 9.85. The summed E-state index contributed by atoms with van der Waals surface area (Å²) >= 11 is 16.0. The molecule has 0 saturated carbocycles. The second-order valence-electron chi connectivity index (χ2n) is 29.6. The molecular formula is C78H99Cl2N9O24S. The number of thioether (sulfide) groups is 1. The van der Waals surface area contributed by atoms with Crippen LogP contribution in [0, 0.1) is 5.92 Å². The fourth-order valence-corrected chi connectivity index (χ4v) is 15.8. The molecule has 12 rings (SSSR count). The fraction of sp³-hybridized carbons (Fsp3) is 0.513. The van der Waals surface area contributed by atoms with E-state index in [-0.39, 0.29) is 52.0 Å². The molecule has 5 aromatic rings. The maximum atomic E-state index is 16.2. The van der Waals surface area contributed by atoms with Crippen molar-refractivity contribution in [3.8, 4) is 57.1 Å². The van der Waals surface area contributed by atoms with Gasteiger partial charge in [0.05, 0.1) is 41.3 Å². The molecule has 7 aliphatic heterocycles. The van der Waals surface area contributed by atoms with Crippen LogP contribution in [0.2, 0.25) is 10.0 Å². The zero-order valence-corrected chi connectivity index (χ0v) is 65.8. The zero-order valence-electron chi connectivity index (χ0n) is 63.4. The molecule has 0 radical (unpaired) electrons. The number of carbonyl (C=O) groups is 8. The number of phenolic OH excluding ortho intramolecular Hbond substituents is 3. The van der Waals surface area contributed by atoms with Gasteiger partial charge in [-0.1, -0.05) is 107 Å². The van der Waals surface area contributed by atoms with E-state index >= 15 is 14.4 Å². The third-order valence-electron chi connectivity index (χ3n) is 20.7. The number of hydrogen-bond donors (Lipinski definition) is 19. The van der Waals surface area contributed by atoms with E-state index in [0.717, 1.165) is 91.7 Å². The number of fused-ring (bicyclic) bond motifs is 15. The predicted molar refractivity (Wildman–Crippen MR) is 413 cm³/mol. The molecule has 7 aliphatic rings. The number of halogens is 2. The fourth-order valence-electron chi connectivity index (χ4n) is 14.5. The summed E-state index contributed by atoms with van der Waals surface area (Å²) in [7, 11) is 1.48. The highest BCUT2D eigenvalue weighted by Crippen LogP contribution is 2.50. The van der Waals surface area contributed by atoms with Crippen molar-refractivity contribution in [2.75, 3.05) is 31.7 Å². The van der Waals surface area contributed by atoms with Crippen molar-refractivity contribution in [2.24, 2.45) is 11.7 Å². The Balaban J connectivity index is 1.15. The van der Waals surface area contributed by atoms with Crippen molar-refractivity contribution in [3.05, 3.63) is 117 Å². The Hall–Kier alpha value is -8.85.